The summed E-state index contributed by atoms with van der Waals surface area (Å²) in [5.41, 5.74) is 1.11. The van der Waals surface area contributed by atoms with Crippen molar-refractivity contribution in [2.24, 2.45) is 0 Å². The van der Waals surface area contributed by atoms with Crippen LogP contribution in [0, 0.1) is 0 Å². The SMILES string of the molecule is O=C(NS(=O)(=O)c1ccccc1)N1CCN(c2ccccc2)CC1. The Labute approximate surface area is 141 Å². The Morgan fingerprint density at radius 3 is 1.96 bits per heavy atom. The van der Waals surface area contributed by atoms with Crippen molar-refractivity contribution in [2.75, 3.05) is 31.1 Å². The van der Waals surface area contributed by atoms with E-state index in [0.29, 0.717) is 26.2 Å². The summed E-state index contributed by atoms with van der Waals surface area (Å²) in [6.45, 7) is 2.29. The predicted octanol–water partition coefficient (Wildman–Crippen LogP) is 1.91. The molecule has 126 valence electrons. The molecular formula is C17H19N3O3S. The lowest BCUT2D eigenvalue weighted by molar-refractivity contribution is 0.200. The molecule has 1 saturated heterocycles. The maximum atomic E-state index is 12.2. The largest absolute Gasteiger partial charge is 0.368 e. The molecule has 1 aliphatic heterocycles. The van der Waals surface area contributed by atoms with Crippen molar-refractivity contribution in [2.45, 2.75) is 4.90 Å². The highest BCUT2D eigenvalue weighted by atomic mass is 32.2. The van der Waals surface area contributed by atoms with Gasteiger partial charge in [0.25, 0.3) is 10.0 Å². The normalized spacial score (nSPS) is 15.2. The second kappa shape index (κ2) is 6.92. The molecule has 1 heterocycles. The summed E-state index contributed by atoms with van der Waals surface area (Å²) in [6.07, 6.45) is 0. The predicted molar refractivity (Wildman–Crippen MR) is 92.4 cm³/mol. The van der Waals surface area contributed by atoms with Crippen molar-refractivity contribution in [3.8, 4) is 0 Å². The second-order valence-corrected chi connectivity index (χ2v) is 7.22. The van der Waals surface area contributed by atoms with Crippen LogP contribution in [0.15, 0.2) is 65.6 Å². The number of benzene rings is 2. The van der Waals surface area contributed by atoms with E-state index in [9.17, 15) is 13.2 Å². The van der Waals surface area contributed by atoms with E-state index in [2.05, 4.69) is 9.62 Å². The molecule has 0 saturated carbocycles. The van der Waals surface area contributed by atoms with Gasteiger partial charge in [0.05, 0.1) is 4.90 Å². The summed E-state index contributed by atoms with van der Waals surface area (Å²) in [4.78, 5) is 16.0. The van der Waals surface area contributed by atoms with E-state index in [4.69, 9.17) is 0 Å². The molecule has 1 fully saturated rings. The third kappa shape index (κ3) is 3.68. The lowest BCUT2D eigenvalue weighted by Gasteiger charge is -2.35. The second-order valence-electron chi connectivity index (χ2n) is 5.53. The van der Waals surface area contributed by atoms with Gasteiger partial charge in [-0.15, -0.1) is 0 Å². The molecule has 6 nitrogen and oxygen atoms in total. The van der Waals surface area contributed by atoms with E-state index in [1.54, 1.807) is 18.2 Å². The quantitative estimate of drug-likeness (QED) is 0.922. The monoisotopic (exact) mass is 345 g/mol. The Balaban J connectivity index is 1.60. The van der Waals surface area contributed by atoms with Gasteiger partial charge < -0.3 is 9.80 Å². The third-order valence-corrected chi connectivity index (χ3v) is 5.30. The van der Waals surface area contributed by atoms with Gasteiger partial charge in [-0.2, -0.15) is 0 Å². The molecular weight excluding hydrogens is 326 g/mol. The fourth-order valence-corrected chi connectivity index (χ4v) is 3.64. The number of hydrogen-bond acceptors (Lipinski definition) is 4. The average Bonchev–Trinajstić information content (AvgIpc) is 2.63. The summed E-state index contributed by atoms with van der Waals surface area (Å²) >= 11 is 0. The zero-order valence-corrected chi connectivity index (χ0v) is 13.9. The lowest BCUT2D eigenvalue weighted by atomic mass is 10.2. The third-order valence-electron chi connectivity index (χ3n) is 3.96. The van der Waals surface area contributed by atoms with Gasteiger partial charge in [-0.3, -0.25) is 0 Å². The van der Waals surface area contributed by atoms with Crippen LogP contribution in [0.3, 0.4) is 0 Å². The van der Waals surface area contributed by atoms with Gasteiger partial charge in [-0.05, 0) is 24.3 Å². The number of urea groups is 1. The number of nitrogens with one attached hydrogen (secondary N) is 1. The number of anilines is 1. The molecule has 0 radical (unpaired) electrons. The van der Waals surface area contributed by atoms with Crippen LogP contribution in [0.1, 0.15) is 0 Å². The molecule has 0 aromatic heterocycles. The Kier molecular flexibility index (Phi) is 4.71. The number of piperazine rings is 1. The number of rotatable bonds is 3. The molecule has 2 aromatic rings. The average molecular weight is 345 g/mol. The van der Waals surface area contributed by atoms with Crippen LogP contribution in [-0.2, 0) is 10.0 Å². The summed E-state index contributed by atoms with van der Waals surface area (Å²) in [5.74, 6) is 0. The van der Waals surface area contributed by atoms with Gasteiger partial charge in [0.1, 0.15) is 0 Å². The number of para-hydroxylation sites is 1. The van der Waals surface area contributed by atoms with E-state index in [1.807, 2.05) is 30.3 Å². The number of hydrogen-bond donors (Lipinski definition) is 1. The minimum Gasteiger partial charge on any atom is -0.368 e. The number of carbonyl (C=O) groups excluding carboxylic acids is 1. The van der Waals surface area contributed by atoms with E-state index in [0.717, 1.165) is 5.69 Å². The maximum absolute atomic E-state index is 12.2. The van der Waals surface area contributed by atoms with Gasteiger partial charge in [-0.1, -0.05) is 36.4 Å². The topological polar surface area (TPSA) is 69.7 Å². The fourth-order valence-electron chi connectivity index (χ4n) is 2.64. The molecule has 2 amide bonds. The Bertz CT molecular complexity index is 786. The number of amides is 2. The van der Waals surface area contributed by atoms with Gasteiger partial charge in [0.2, 0.25) is 0 Å². The smallest absolute Gasteiger partial charge is 0.331 e. The molecule has 0 spiro atoms. The number of nitrogens with zero attached hydrogens (tertiary/aromatic N) is 2. The van der Waals surface area contributed by atoms with E-state index in [-0.39, 0.29) is 4.90 Å². The minimum atomic E-state index is -3.83. The standard InChI is InChI=1S/C17H19N3O3S/c21-17(18-24(22,23)16-9-5-2-6-10-16)20-13-11-19(12-14-20)15-7-3-1-4-8-15/h1-10H,11-14H2,(H,18,21). The van der Waals surface area contributed by atoms with Gasteiger partial charge in [0.15, 0.2) is 0 Å². The number of sulfonamides is 1. The summed E-state index contributed by atoms with van der Waals surface area (Å²) in [7, 11) is -3.83. The van der Waals surface area contributed by atoms with Crippen molar-refractivity contribution in [3.63, 3.8) is 0 Å². The van der Waals surface area contributed by atoms with Crippen LogP contribution >= 0.6 is 0 Å². The van der Waals surface area contributed by atoms with Gasteiger partial charge in [-0.25, -0.2) is 17.9 Å². The van der Waals surface area contributed by atoms with E-state index >= 15 is 0 Å². The molecule has 0 atom stereocenters. The zero-order chi connectivity index (χ0) is 17.0. The highest BCUT2D eigenvalue weighted by molar-refractivity contribution is 7.90. The number of carbonyl (C=O) groups is 1. The van der Waals surface area contributed by atoms with Crippen LogP contribution in [0.4, 0.5) is 10.5 Å². The maximum Gasteiger partial charge on any atom is 0.331 e. The van der Waals surface area contributed by atoms with Crippen LogP contribution in [-0.4, -0.2) is 45.5 Å². The van der Waals surface area contributed by atoms with Crippen LogP contribution in [0.25, 0.3) is 0 Å². The first-order valence-electron chi connectivity index (χ1n) is 7.73. The van der Waals surface area contributed by atoms with Gasteiger partial charge >= 0.3 is 6.03 Å². The van der Waals surface area contributed by atoms with Crippen molar-refractivity contribution in [1.29, 1.82) is 0 Å². The zero-order valence-electron chi connectivity index (χ0n) is 13.1. The van der Waals surface area contributed by atoms with Crippen molar-refractivity contribution in [1.82, 2.24) is 9.62 Å². The van der Waals surface area contributed by atoms with Crippen molar-refractivity contribution < 1.29 is 13.2 Å². The molecule has 3 rings (SSSR count). The Morgan fingerprint density at radius 1 is 0.833 bits per heavy atom. The molecule has 1 N–H and O–H groups in total. The van der Waals surface area contributed by atoms with Crippen LogP contribution in [0.2, 0.25) is 0 Å². The molecule has 24 heavy (non-hydrogen) atoms. The Hall–Kier alpha value is -2.54. The lowest BCUT2D eigenvalue weighted by Crippen LogP contribution is -2.52. The molecule has 2 aromatic carbocycles. The highest BCUT2D eigenvalue weighted by Crippen LogP contribution is 2.16. The molecule has 0 aliphatic carbocycles. The fraction of sp³-hybridized carbons (Fsp3) is 0.235. The Morgan fingerprint density at radius 2 is 1.38 bits per heavy atom. The van der Waals surface area contributed by atoms with Crippen LogP contribution in [0.5, 0.6) is 0 Å². The summed E-state index contributed by atoms with van der Waals surface area (Å²) in [5, 5.41) is 0. The molecule has 7 heteroatoms. The summed E-state index contributed by atoms with van der Waals surface area (Å²) in [6, 6.07) is 17.3. The minimum absolute atomic E-state index is 0.0845. The first-order valence-corrected chi connectivity index (χ1v) is 9.21. The van der Waals surface area contributed by atoms with Crippen molar-refractivity contribution in [3.05, 3.63) is 60.7 Å². The molecule has 1 aliphatic rings. The van der Waals surface area contributed by atoms with Crippen LogP contribution < -0.4 is 9.62 Å². The van der Waals surface area contributed by atoms with E-state index in [1.165, 1.54) is 17.0 Å². The molecule has 0 unspecified atom stereocenters. The highest BCUT2D eigenvalue weighted by Gasteiger charge is 2.25. The van der Waals surface area contributed by atoms with Crippen molar-refractivity contribution >= 4 is 21.7 Å². The van der Waals surface area contributed by atoms with Gasteiger partial charge in [0, 0.05) is 31.9 Å². The first kappa shape index (κ1) is 16.3. The van der Waals surface area contributed by atoms with E-state index < -0.39 is 16.1 Å². The first-order chi connectivity index (χ1) is 11.6. The summed E-state index contributed by atoms with van der Waals surface area (Å²) < 4.78 is 26.5. The molecule has 0 bridgehead atoms.